The zero-order chi connectivity index (χ0) is 25.1. The average Bonchev–Trinajstić information content (AvgIpc) is 2.76. The van der Waals surface area contributed by atoms with Gasteiger partial charge in [0.1, 0.15) is 0 Å². The summed E-state index contributed by atoms with van der Waals surface area (Å²) < 4.78 is 153. The molecule has 3 rings (SSSR count). The van der Waals surface area contributed by atoms with Gasteiger partial charge in [0, 0.05) is 0 Å². The molecule has 1 saturated carbocycles. The van der Waals surface area contributed by atoms with Crippen LogP contribution in [0.1, 0.15) is 17.2 Å². The summed E-state index contributed by atoms with van der Waals surface area (Å²) >= 11 is 0. The predicted molar refractivity (Wildman–Crippen MR) is 91.4 cm³/mol. The summed E-state index contributed by atoms with van der Waals surface area (Å²) in [7, 11) is 0. The highest BCUT2D eigenvalue weighted by molar-refractivity contribution is 5.89. The molecule has 0 atom stereocenters. The molecule has 0 heterocycles. The number of hydrogen-bond donors (Lipinski definition) is 1. The van der Waals surface area contributed by atoms with Crippen molar-refractivity contribution >= 4 is 5.91 Å². The van der Waals surface area contributed by atoms with Crippen molar-refractivity contribution in [1.82, 2.24) is 5.32 Å². The molecule has 13 heteroatoms. The minimum absolute atomic E-state index is 0.0769. The molecule has 0 aromatic heterocycles. The maximum absolute atomic E-state index is 15.0. The van der Waals surface area contributed by atoms with Crippen molar-refractivity contribution in [2.24, 2.45) is 0 Å². The van der Waals surface area contributed by atoms with Crippen LogP contribution in [0, 0.1) is 0 Å². The molecule has 1 N–H and O–H groups in total. The molecule has 2 nitrogen and oxygen atoms in total. The summed E-state index contributed by atoms with van der Waals surface area (Å²) in [6.07, 6.45) is 0. The molecule has 1 aliphatic rings. The van der Waals surface area contributed by atoms with Gasteiger partial charge in [0.25, 0.3) is 5.91 Å². The molecule has 1 fully saturated rings. The van der Waals surface area contributed by atoms with Gasteiger partial charge < -0.3 is 5.32 Å². The fourth-order valence-corrected chi connectivity index (χ4v) is 3.39. The SMILES string of the molecule is O=C(NC(c1ccccc1)c1ccccc1)C1(F)C(F)(F)C(F)(F)C(F)(F)C(F)(F)C1(F)F. The molecule has 1 aliphatic carbocycles. The standard InChI is InChI=1S/C20H12F11NO/c21-15(16(22,23)18(26,27)20(30,31)19(28,29)17(15,24)25)14(33)32-13(11-7-3-1-4-8-11)12-9-5-2-6-10-12/h1-10,13H,(H,32,33). The van der Waals surface area contributed by atoms with Crippen molar-refractivity contribution in [2.75, 3.05) is 0 Å². The Morgan fingerprint density at radius 1 is 0.545 bits per heavy atom. The third kappa shape index (κ3) is 2.96. The monoisotopic (exact) mass is 491 g/mol. The van der Waals surface area contributed by atoms with Gasteiger partial charge in [0.2, 0.25) is 0 Å². The van der Waals surface area contributed by atoms with Gasteiger partial charge in [0.05, 0.1) is 6.04 Å². The summed E-state index contributed by atoms with van der Waals surface area (Å²) in [6, 6.07) is 11.1. The highest BCUT2D eigenvalue weighted by Crippen LogP contribution is 2.69. The lowest BCUT2D eigenvalue weighted by Crippen LogP contribution is -2.86. The Morgan fingerprint density at radius 2 is 0.848 bits per heavy atom. The van der Waals surface area contributed by atoms with Crippen LogP contribution in [0.2, 0.25) is 0 Å². The smallest absolute Gasteiger partial charge is 0.342 e. The van der Waals surface area contributed by atoms with E-state index in [0.717, 1.165) is 0 Å². The second-order valence-electron chi connectivity index (χ2n) is 7.26. The molecule has 180 valence electrons. The lowest BCUT2D eigenvalue weighted by molar-refractivity contribution is -0.476. The van der Waals surface area contributed by atoms with E-state index in [4.69, 9.17) is 0 Å². The Balaban J connectivity index is 2.17. The number of hydrogen-bond acceptors (Lipinski definition) is 1. The molecule has 0 saturated heterocycles. The number of carbonyl (C=O) groups excluding carboxylic acids is 1. The van der Waals surface area contributed by atoms with Crippen LogP contribution in [0.4, 0.5) is 48.3 Å². The first-order chi connectivity index (χ1) is 15.0. The van der Waals surface area contributed by atoms with Crippen LogP contribution in [0.5, 0.6) is 0 Å². The zero-order valence-corrected chi connectivity index (χ0v) is 15.9. The molecule has 2 aromatic rings. The van der Waals surface area contributed by atoms with Crippen molar-refractivity contribution in [3.8, 4) is 0 Å². The van der Waals surface area contributed by atoms with Gasteiger partial charge >= 0.3 is 35.3 Å². The highest BCUT2D eigenvalue weighted by atomic mass is 19.4. The van der Waals surface area contributed by atoms with E-state index in [1.54, 1.807) is 0 Å². The first-order valence-electron chi connectivity index (χ1n) is 8.97. The molecule has 0 aliphatic heterocycles. The number of benzene rings is 2. The molecular formula is C20H12F11NO. The van der Waals surface area contributed by atoms with Gasteiger partial charge in [-0.3, -0.25) is 4.79 Å². The predicted octanol–water partition coefficient (Wildman–Crippen LogP) is 5.79. The summed E-state index contributed by atoms with van der Waals surface area (Å²) in [5.74, 6) is -39.9. The maximum atomic E-state index is 15.0. The molecular weight excluding hydrogens is 479 g/mol. The maximum Gasteiger partial charge on any atom is 0.384 e. The fraction of sp³-hybridized carbons (Fsp3) is 0.350. The van der Waals surface area contributed by atoms with Crippen LogP contribution in [-0.2, 0) is 4.79 Å². The summed E-state index contributed by atoms with van der Waals surface area (Å²) in [5, 5.41) is 1.29. The second kappa shape index (κ2) is 7.32. The molecule has 0 spiro atoms. The van der Waals surface area contributed by atoms with Gasteiger partial charge in [-0.2, -0.15) is 43.9 Å². The number of amides is 1. The van der Waals surface area contributed by atoms with Crippen molar-refractivity contribution in [3.63, 3.8) is 0 Å². The van der Waals surface area contributed by atoms with E-state index >= 15 is 4.39 Å². The summed E-state index contributed by atoms with van der Waals surface area (Å²) in [5.41, 5.74) is -6.91. The first-order valence-corrected chi connectivity index (χ1v) is 8.97. The highest BCUT2D eigenvalue weighted by Gasteiger charge is 3.02. The van der Waals surface area contributed by atoms with Crippen LogP contribution >= 0.6 is 0 Å². The topological polar surface area (TPSA) is 29.1 Å². The van der Waals surface area contributed by atoms with Crippen molar-refractivity contribution in [2.45, 2.75) is 41.3 Å². The minimum Gasteiger partial charge on any atom is -0.342 e. The van der Waals surface area contributed by atoms with Crippen LogP contribution in [0.15, 0.2) is 60.7 Å². The molecule has 2 aromatic carbocycles. The lowest BCUT2D eigenvalue weighted by atomic mass is 9.71. The summed E-state index contributed by atoms with van der Waals surface area (Å²) in [6.45, 7) is 0. The van der Waals surface area contributed by atoms with E-state index in [1.807, 2.05) is 0 Å². The van der Waals surface area contributed by atoms with E-state index in [2.05, 4.69) is 0 Å². The molecule has 0 bridgehead atoms. The van der Waals surface area contributed by atoms with E-state index < -0.39 is 47.2 Å². The van der Waals surface area contributed by atoms with Gasteiger partial charge in [-0.05, 0) is 11.1 Å². The number of rotatable bonds is 4. The number of halogens is 11. The number of carbonyl (C=O) groups is 1. The van der Waals surface area contributed by atoms with Gasteiger partial charge in [-0.15, -0.1) is 0 Å². The van der Waals surface area contributed by atoms with E-state index in [1.165, 1.54) is 66.0 Å². The second-order valence-corrected chi connectivity index (χ2v) is 7.26. The summed E-state index contributed by atoms with van der Waals surface area (Å²) in [4.78, 5) is 12.3. The quantitative estimate of drug-likeness (QED) is 0.540. The third-order valence-corrected chi connectivity index (χ3v) is 5.30. The number of alkyl halides is 11. The van der Waals surface area contributed by atoms with Crippen molar-refractivity contribution in [1.29, 1.82) is 0 Å². The first kappa shape index (κ1) is 24.8. The third-order valence-electron chi connectivity index (χ3n) is 5.30. The minimum atomic E-state index is -7.39. The Kier molecular flexibility index (Phi) is 5.50. The Morgan fingerprint density at radius 3 is 1.18 bits per heavy atom. The van der Waals surface area contributed by atoms with E-state index in [0.29, 0.717) is 0 Å². The zero-order valence-electron chi connectivity index (χ0n) is 15.9. The van der Waals surface area contributed by atoms with Gasteiger partial charge in [-0.25, -0.2) is 4.39 Å². The molecule has 1 amide bonds. The van der Waals surface area contributed by atoms with Crippen LogP contribution < -0.4 is 5.32 Å². The van der Waals surface area contributed by atoms with Crippen molar-refractivity contribution in [3.05, 3.63) is 71.8 Å². The largest absolute Gasteiger partial charge is 0.384 e. The Bertz CT molecular complexity index is 955. The normalized spacial score (nSPS) is 23.6. The Hall–Kier alpha value is -2.86. The molecule has 33 heavy (non-hydrogen) atoms. The van der Waals surface area contributed by atoms with E-state index in [-0.39, 0.29) is 11.1 Å². The van der Waals surface area contributed by atoms with Crippen LogP contribution in [0.25, 0.3) is 0 Å². The molecule has 0 radical (unpaired) electrons. The van der Waals surface area contributed by atoms with Crippen LogP contribution in [-0.4, -0.2) is 41.2 Å². The Labute approximate surface area is 178 Å². The lowest BCUT2D eigenvalue weighted by Gasteiger charge is -2.51. The van der Waals surface area contributed by atoms with Gasteiger partial charge in [0.15, 0.2) is 0 Å². The molecule has 0 unspecified atom stereocenters. The van der Waals surface area contributed by atoms with Gasteiger partial charge in [-0.1, -0.05) is 60.7 Å². The average molecular weight is 491 g/mol. The van der Waals surface area contributed by atoms with Crippen LogP contribution in [0.3, 0.4) is 0 Å². The fourth-order valence-electron chi connectivity index (χ4n) is 3.39. The van der Waals surface area contributed by atoms with Crippen molar-refractivity contribution < 1.29 is 53.1 Å². The van der Waals surface area contributed by atoms with E-state index in [9.17, 15) is 48.7 Å². The number of nitrogens with one attached hydrogen (secondary N) is 1.